The van der Waals surface area contributed by atoms with E-state index in [-0.39, 0.29) is 0 Å². The largest absolute Gasteiger partial charge is 0.359 e. The number of hydrogen-bond acceptors (Lipinski definition) is 2. The van der Waals surface area contributed by atoms with E-state index in [0.717, 1.165) is 5.56 Å². The van der Waals surface area contributed by atoms with Crippen LogP contribution in [-0.4, -0.2) is 5.16 Å². The number of benzene rings is 1. The highest BCUT2D eigenvalue weighted by Gasteiger charge is 2.07. The van der Waals surface area contributed by atoms with Gasteiger partial charge in [-0.25, -0.2) is 0 Å². The van der Waals surface area contributed by atoms with Gasteiger partial charge in [-0.15, -0.1) is 11.6 Å². The molecular formula is C10H6Cl3NO. The average Bonchev–Trinajstić information content (AvgIpc) is 2.70. The number of hydrogen-bond donors (Lipinski definition) is 0. The third-order valence-corrected chi connectivity index (χ3v) is 2.91. The summed E-state index contributed by atoms with van der Waals surface area (Å²) in [5, 5.41) is 4.87. The van der Waals surface area contributed by atoms with E-state index >= 15 is 0 Å². The van der Waals surface area contributed by atoms with Gasteiger partial charge >= 0.3 is 0 Å². The Labute approximate surface area is 102 Å². The molecule has 0 bridgehead atoms. The second kappa shape index (κ2) is 4.44. The fourth-order valence-electron chi connectivity index (χ4n) is 1.17. The summed E-state index contributed by atoms with van der Waals surface area (Å²) in [5.41, 5.74) is 1.55. The zero-order valence-corrected chi connectivity index (χ0v) is 9.77. The molecule has 5 heteroatoms. The van der Waals surface area contributed by atoms with Crippen LogP contribution in [0, 0.1) is 0 Å². The zero-order chi connectivity index (χ0) is 10.8. The molecule has 0 aliphatic heterocycles. The smallest absolute Gasteiger partial charge is 0.152 e. The lowest BCUT2D eigenvalue weighted by Gasteiger charge is -1.98. The first-order chi connectivity index (χ1) is 7.20. The molecule has 78 valence electrons. The maximum absolute atomic E-state index is 5.89. The lowest BCUT2D eigenvalue weighted by Crippen LogP contribution is -1.77. The number of halogens is 3. The van der Waals surface area contributed by atoms with E-state index in [1.807, 2.05) is 6.07 Å². The Morgan fingerprint density at radius 1 is 1.13 bits per heavy atom. The van der Waals surface area contributed by atoms with E-state index < -0.39 is 0 Å². The first-order valence-corrected chi connectivity index (χ1v) is 5.46. The molecule has 0 fully saturated rings. The van der Waals surface area contributed by atoms with Crippen LogP contribution in [0.2, 0.25) is 10.0 Å². The van der Waals surface area contributed by atoms with Crippen LogP contribution in [0.1, 0.15) is 5.76 Å². The molecule has 2 aromatic rings. The maximum atomic E-state index is 5.89. The van der Waals surface area contributed by atoms with Gasteiger partial charge in [-0.1, -0.05) is 34.4 Å². The molecule has 0 spiro atoms. The van der Waals surface area contributed by atoms with Crippen molar-refractivity contribution in [3.05, 3.63) is 40.1 Å². The third-order valence-electron chi connectivity index (χ3n) is 1.91. The van der Waals surface area contributed by atoms with E-state index in [2.05, 4.69) is 5.16 Å². The lowest BCUT2D eigenvalue weighted by molar-refractivity contribution is 0.396. The van der Waals surface area contributed by atoms with E-state index in [0.29, 0.717) is 27.4 Å². The highest BCUT2D eigenvalue weighted by molar-refractivity contribution is 6.42. The Bertz CT molecular complexity index is 481. The van der Waals surface area contributed by atoms with Crippen LogP contribution in [0.15, 0.2) is 28.8 Å². The minimum atomic E-state index is 0.300. The van der Waals surface area contributed by atoms with Gasteiger partial charge in [0.25, 0.3) is 0 Å². The summed E-state index contributed by atoms with van der Waals surface area (Å²) in [5.74, 6) is 0.923. The predicted octanol–water partition coefficient (Wildman–Crippen LogP) is 4.39. The van der Waals surface area contributed by atoms with Crippen LogP contribution in [0.3, 0.4) is 0 Å². The minimum Gasteiger partial charge on any atom is -0.359 e. The highest BCUT2D eigenvalue weighted by atomic mass is 35.5. The summed E-state index contributed by atoms with van der Waals surface area (Å²) < 4.78 is 4.98. The van der Waals surface area contributed by atoms with Crippen LogP contribution in [0.4, 0.5) is 0 Å². The first-order valence-electron chi connectivity index (χ1n) is 4.17. The molecule has 1 aromatic carbocycles. The monoisotopic (exact) mass is 261 g/mol. The van der Waals surface area contributed by atoms with Crippen molar-refractivity contribution in [2.24, 2.45) is 0 Å². The number of aromatic nitrogens is 1. The van der Waals surface area contributed by atoms with Crippen molar-refractivity contribution in [3.8, 4) is 11.3 Å². The quantitative estimate of drug-likeness (QED) is 0.750. The maximum Gasteiger partial charge on any atom is 0.152 e. The molecule has 0 amide bonds. The van der Waals surface area contributed by atoms with E-state index in [9.17, 15) is 0 Å². The third kappa shape index (κ3) is 2.28. The number of nitrogens with zero attached hydrogens (tertiary/aromatic N) is 1. The van der Waals surface area contributed by atoms with Crippen LogP contribution in [0.25, 0.3) is 11.3 Å². The van der Waals surface area contributed by atoms with Gasteiger partial charge < -0.3 is 4.52 Å². The summed E-state index contributed by atoms with van der Waals surface area (Å²) in [6, 6.07) is 7.05. The van der Waals surface area contributed by atoms with Crippen molar-refractivity contribution < 1.29 is 4.52 Å². The molecule has 0 aliphatic rings. The molecule has 0 saturated heterocycles. The molecule has 0 saturated carbocycles. The van der Waals surface area contributed by atoms with Gasteiger partial charge in [0.05, 0.1) is 15.9 Å². The average molecular weight is 263 g/mol. The van der Waals surface area contributed by atoms with Gasteiger partial charge in [-0.05, 0) is 12.1 Å². The molecule has 0 atom stereocenters. The summed E-state index contributed by atoms with van der Waals surface area (Å²) >= 11 is 17.3. The van der Waals surface area contributed by atoms with Crippen molar-refractivity contribution in [2.75, 3.05) is 0 Å². The van der Waals surface area contributed by atoms with Crippen LogP contribution >= 0.6 is 34.8 Å². The van der Waals surface area contributed by atoms with Gasteiger partial charge in [-0.2, -0.15) is 0 Å². The van der Waals surface area contributed by atoms with Crippen LogP contribution in [0.5, 0.6) is 0 Å². The molecular weight excluding hydrogens is 256 g/mol. The zero-order valence-electron chi connectivity index (χ0n) is 7.51. The van der Waals surface area contributed by atoms with Crippen LogP contribution in [-0.2, 0) is 5.88 Å². The molecule has 15 heavy (non-hydrogen) atoms. The topological polar surface area (TPSA) is 26.0 Å². The number of alkyl halides is 1. The summed E-state index contributed by atoms with van der Waals surface area (Å²) in [6.07, 6.45) is 0. The van der Waals surface area contributed by atoms with Crippen LogP contribution < -0.4 is 0 Å². The lowest BCUT2D eigenvalue weighted by atomic mass is 10.1. The van der Waals surface area contributed by atoms with Crippen molar-refractivity contribution in [1.82, 2.24) is 5.16 Å². The molecule has 0 radical (unpaired) electrons. The van der Waals surface area contributed by atoms with Gasteiger partial charge in [0.1, 0.15) is 5.69 Å². The second-order valence-electron chi connectivity index (χ2n) is 2.94. The summed E-state index contributed by atoms with van der Waals surface area (Å²) in [4.78, 5) is 0. The fourth-order valence-corrected chi connectivity index (χ4v) is 1.59. The first kappa shape index (κ1) is 10.8. The molecule has 0 N–H and O–H groups in total. The molecule has 1 aromatic heterocycles. The molecule has 0 aliphatic carbocycles. The highest BCUT2D eigenvalue weighted by Crippen LogP contribution is 2.28. The Kier molecular flexibility index (Phi) is 3.19. The van der Waals surface area contributed by atoms with Crippen molar-refractivity contribution >= 4 is 34.8 Å². The SMILES string of the molecule is ClCc1cc(-c2ccc(Cl)c(Cl)c2)no1. The van der Waals surface area contributed by atoms with E-state index in [1.165, 1.54) is 0 Å². The van der Waals surface area contributed by atoms with Gasteiger partial charge in [0.15, 0.2) is 5.76 Å². The van der Waals surface area contributed by atoms with Gasteiger partial charge in [-0.3, -0.25) is 0 Å². The minimum absolute atomic E-state index is 0.300. The summed E-state index contributed by atoms with van der Waals surface area (Å²) in [7, 11) is 0. The van der Waals surface area contributed by atoms with Gasteiger partial charge in [0, 0.05) is 11.6 Å². The van der Waals surface area contributed by atoms with Crippen molar-refractivity contribution in [2.45, 2.75) is 5.88 Å². The van der Waals surface area contributed by atoms with E-state index in [1.54, 1.807) is 18.2 Å². The molecule has 1 heterocycles. The molecule has 2 nitrogen and oxygen atoms in total. The number of rotatable bonds is 2. The second-order valence-corrected chi connectivity index (χ2v) is 4.02. The molecule has 2 rings (SSSR count). The summed E-state index contributed by atoms with van der Waals surface area (Å²) in [6.45, 7) is 0. The Hall–Kier alpha value is -0.700. The van der Waals surface area contributed by atoms with E-state index in [4.69, 9.17) is 39.3 Å². The Morgan fingerprint density at radius 2 is 1.93 bits per heavy atom. The normalized spacial score (nSPS) is 10.6. The van der Waals surface area contributed by atoms with Gasteiger partial charge in [0.2, 0.25) is 0 Å². The fraction of sp³-hybridized carbons (Fsp3) is 0.100. The van der Waals surface area contributed by atoms with Crippen molar-refractivity contribution in [1.29, 1.82) is 0 Å². The Balaban J connectivity index is 2.40. The van der Waals surface area contributed by atoms with Crippen molar-refractivity contribution in [3.63, 3.8) is 0 Å². The predicted molar refractivity (Wildman–Crippen MR) is 61.5 cm³/mol. The standard InChI is InChI=1S/C10H6Cl3NO/c11-5-7-4-10(14-15-7)6-1-2-8(12)9(13)3-6/h1-4H,5H2. The molecule has 0 unspecified atom stereocenters. The Morgan fingerprint density at radius 3 is 2.53 bits per heavy atom.